The molecular weight excluding hydrogens is 519 g/mol. The minimum absolute atomic E-state index is 0. The molecule has 0 aromatic heterocycles. The lowest BCUT2D eigenvalue weighted by Gasteiger charge is -2.38. The number of aliphatic imine (C=N–C) groups is 1. The third-order valence-electron chi connectivity index (χ3n) is 6.76. The van der Waals surface area contributed by atoms with Gasteiger partial charge in [0.1, 0.15) is 5.60 Å². The summed E-state index contributed by atoms with van der Waals surface area (Å²) >= 11 is 0. The van der Waals surface area contributed by atoms with Crippen LogP contribution in [0.25, 0.3) is 0 Å². The van der Waals surface area contributed by atoms with Crippen molar-refractivity contribution >= 4 is 36.0 Å². The van der Waals surface area contributed by atoms with Crippen molar-refractivity contribution in [3.8, 4) is 0 Å². The predicted molar refractivity (Wildman–Crippen MR) is 142 cm³/mol. The number of piperidine rings is 1. The molecule has 2 rings (SSSR count). The summed E-state index contributed by atoms with van der Waals surface area (Å²) in [5.41, 5.74) is -0.106. The zero-order valence-corrected chi connectivity index (χ0v) is 23.6. The zero-order valence-electron chi connectivity index (χ0n) is 21.2. The fraction of sp³-hybridized carbons (Fsp3) is 0.917. The van der Waals surface area contributed by atoms with Gasteiger partial charge in [0.2, 0.25) is 0 Å². The Kier molecular flexibility index (Phi) is 12.6. The average molecular weight is 567 g/mol. The number of carbonyl (C=O) groups is 1. The molecule has 7 nitrogen and oxygen atoms in total. The molecule has 1 heterocycles. The average Bonchev–Trinajstić information content (AvgIpc) is 3.19. The molecule has 8 heteroatoms. The summed E-state index contributed by atoms with van der Waals surface area (Å²) < 4.78 is 10.9. The van der Waals surface area contributed by atoms with E-state index < -0.39 is 5.60 Å². The third-order valence-corrected chi connectivity index (χ3v) is 6.76. The van der Waals surface area contributed by atoms with Crippen LogP contribution in [0.2, 0.25) is 0 Å². The van der Waals surface area contributed by atoms with Gasteiger partial charge in [-0.2, -0.15) is 0 Å². The number of guanidine groups is 1. The van der Waals surface area contributed by atoms with Gasteiger partial charge in [-0.25, -0.2) is 4.79 Å². The lowest BCUT2D eigenvalue weighted by Crippen LogP contribution is -2.49. The van der Waals surface area contributed by atoms with Crippen molar-refractivity contribution in [3.05, 3.63) is 0 Å². The first-order valence-corrected chi connectivity index (χ1v) is 12.1. The summed E-state index contributed by atoms with van der Waals surface area (Å²) in [6.07, 6.45) is 8.24. The quantitative estimate of drug-likeness (QED) is 0.261. The molecule has 0 unspecified atom stereocenters. The summed E-state index contributed by atoms with van der Waals surface area (Å²) in [7, 11) is 3.67. The van der Waals surface area contributed by atoms with Crippen molar-refractivity contribution in [2.45, 2.75) is 78.2 Å². The Labute approximate surface area is 213 Å². The van der Waals surface area contributed by atoms with Crippen molar-refractivity contribution in [2.24, 2.45) is 16.3 Å². The highest BCUT2D eigenvalue weighted by atomic mass is 127. The molecule has 2 aliphatic rings. The highest BCUT2D eigenvalue weighted by Gasteiger charge is 2.34. The van der Waals surface area contributed by atoms with E-state index >= 15 is 0 Å². The van der Waals surface area contributed by atoms with Crippen LogP contribution in [0, 0.1) is 11.3 Å². The number of halogens is 1. The molecule has 0 aromatic rings. The summed E-state index contributed by atoms with van der Waals surface area (Å²) in [4.78, 5) is 21.2. The van der Waals surface area contributed by atoms with Crippen molar-refractivity contribution in [2.75, 3.05) is 53.5 Å². The number of nitrogens with zero attached hydrogens (tertiary/aromatic N) is 3. The summed E-state index contributed by atoms with van der Waals surface area (Å²) in [6, 6.07) is 0. The third kappa shape index (κ3) is 9.23. The van der Waals surface area contributed by atoms with E-state index in [1.165, 1.54) is 25.7 Å². The maximum atomic E-state index is 12.5. The smallest absolute Gasteiger partial charge is 0.410 e. The van der Waals surface area contributed by atoms with Crippen molar-refractivity contribution in [1.82, 2.24) is 15.1 Å². The maximum Gasteiger partial charge on any atom is 0.410 e. The largest absolute Gasteiger partial charge is 0.444 e. The minimum atomic E-state index is -0.452. The Morgan fingerprint density at radius 3 is 2.34 bits per heavy atom. The molecule has 0 bridgehead atoms. The highest BCUT2D eigenvalue weighted by molar-refractivity contribution is 14.0. The first-order chi connectivity index (χ1) is 14.7. The fourth-order valence-electron chi connectivity index (χ4n) is 4.86. The molecule has 0 aromatic carbocycles. The van der Waals surface area contributed by atoms with Crippen molar-refractivity contribution in [3.63, 3.8) is 0 Å². The van der Waals surface area contributed by atoms with Gasteiger partial charge in [-0.05, 0) is 71.1 Å². The predicted octanol–water partition coefficient (Wildman–Crippen LogP) is 4.75. The van der Waals surface area contributed by atoms with Crippen LogP contribution in [-0.2, 0) is 9.47 Å². The van der Waals surface area contributed by atoms with Crippen LogP contribution in [0.1, 0.15) is 72.6 Å². The molecule has 1 aliphatic heterocycles. The normalized spacial score (nSPS) is 19.4. The Morgan fingerprint density at radius 2 is 1.84 bits per heavy atom. The molecule has 1 aliphatic carbocycles. The first kappa shape index (κ1) is 29.3. The molecule has 32 heavy (non-hydrogen) atoms. The van der Waals surface area contributed by atoms with E-state index in [0.29, 0.717) is 17.9 Å². The van der Waals surface area contributed by atoms with Gasteiger partial charge in [-0.3, -0.25) is 4.99 Å². The van der Waals surface area contributed by atoms with E-state index in [1.54, 1.807) is 7.11 Å². The van der Waals surface area contributed by atoms with Gasteiger partial charge in [0, 0.05) is 53.5 Å². The highest BCUT2D eigenvalue weighted by Crippen LogP contribution is 2.40. The van der Waals surface area contributed by atoms with Crippen LogP contribution in [0.5, 0.6) is 0 Å². The molecule has 2 fully saturated rings. The molecule has 0 atom stereocenters. The molecule has 1 N–H and O–H groups in total. The van der Waals surface area contributed by atoms with Crippen LogP contribution in [0.4, 0.5) is 4.79 Å². The van der Waals surface area contributed by atoms with Gasteiger partial charge in [-0.1, -0.05) is 12.8 Å². The molecule has 1 saturated carbocycles. The topological polar surface area (TPSA) is 66.4 Å². The maximum absolute atomic E-state index is 12.5. The van der Waals surface area contributed by atoms with E-state index in [-0.39, 0.29) is 30.1 Å². The number of hydrogen-bond acceptors (Lipinski definition) is 4. The van der Waals surface area contributed by atoms with Crippen LogP contribution >= 0.6 is 24.0 Å². The molecule has 0 spiro atoms. The van der Waals surface area contributed by atoms with Crippen LogP contribution in [0.15, 0.2) is 4.99 Å². The lowest BCUT2D eigenvalue weighted by molar-refractivity contribution is 0.0214. The first-order valence-electron chi connectivity index (χ1n) is 12.1. The monoisotopic (exact) mass is 566 g/mol. The van der Waals surface area contributed by atoms with Crippen LogP contribution in [-0.4, -0.2) is 80.9 Å². The fourth-order valence-corrected chi connectivity index (χ4v) is 4.86. The number of carbonyl (C=O) groups excluding carboxylic acids is 1. The van der Waals surface area contributed by atoms with E-state index in [0.717, 1.165) is 58.0 Å². The van der Waals surface area contributed by atoms with Crippen molar-refractivity contribution in [1.29, 1.82) is 0 Å². The van der Waals surface area contributed by atoms with Gasteiger partial charge >= 0.3 is 6.09 Å². The second-order valence-corrected chi connectivity index (χ2v) is 10.3. The number of amides is 1. The molecule has 188 valence electrons. The van der Waals surface area contributed by atoms with Gasteiger partial charge in [0.25, 0.3) is 0 Å². The standard InChI is InChI=1S/C24H46N4O3.HI/c1-7-27(22(29)31-23(2,3)4)18-20-10-15-28(16-11-20)21(25-5)26-19-24(14-17-30-6)12-8-9-13-24;/h20H,7-19H2,1-6H3,(H,25,26);1H. The summed E-state index contributed by atoms with van der Waals surface area (Å²) in [6.45, 7) is 13.0. The Hall–Kier alpha value is -0.770. The number of likely N-dealkylation sites (tertiary alicyclic amines) is 1. The van der Waals surface area contributed by atoms with E-state index in [9.17, 15) is 4.79 Å². The summed E-state index contributed by atoms with van der Waals surface area (Å²) in [5.74, 6) is 1.52. The Balaban J connectivity index is 0.00000512. The Morgan fingerprint density at radius 1 is 1.22 bits per heavy atom. The molecule has 0 radical (unpaired) electrons. The second-order valence-electron chi connectivity index (χ2n) is 10.3. The van der Waals surface area contributed by atoms with E-state index in [4.69, 9.17) is 9.47 Å². The van der Waals surface area contributed by atoms with Crippen LogP contribution in [0.3, 0.4) is 0 Å². The number of nitrogens with one attached hydrogen (secondary N) is 1. The second kappa shape index (κ2) is 13.8. The molecule has 1 amide bonds. The molecular formula is C24H47IN4O3. The van der Waals surface area contributed by atoms with E-state index in [2.05, 4.69) is 15.2 Å². The van der Waals surface area contributed by atoms with Crippen LogP contribution < -0.4 is 5.32 Å². The lowest BCUT2D eigenvalue weighted by atomic mass is 9.83. The Bertz CT molecular complexity index is 580. The van der Waals surface area contributed by atoms with E-state index in [1.807, 2.05) is 39.6 Å². The van der Waals surface area contributed by atoms with Gasteiger partial charge in [-0.15, -0.1) is 24.0 Å². The van der Waals surface area contributed by atoms with Gasteiger partial charge in [0.15, 0.2) is 5.96 Å². The number of ether oxygens (including phenoxy) is 2. The summed E-state index contributed by atoms with van der Waals surface area (Å²) in [5, 5.41) is 3.68. The number of hydrogen-bond donors (Lipinski definition) is 1. The SMILES string of the molecule is CCN(CC1CCN(C(=NC)NCC2(CCOC)CCCC2)CC1)C(=O)OC(C)(C)C.I. The van der Waals surface area contributed by atoms with Crippen molar-refractivity contribution < 1.29 is 14.3 Å². The molecule has 1 saturated heterocycles. The number of rotatable bonds is 8. The zero-order chi connectivity index (χ0) is 22.9. The number of methoxy groups -OCH3 is 1. The van der Waals surface area contributed by atoms with Gasteiger partial charge < -0.3 is 24.6 Å². The minimum Gasteiger partial charge on any atom is -0.444 e. The van der Waals surface area contributed by atoms with Gasteiger partial charge in [0.05, 0.1) is 0 Å².